The van der Waals surface area contributed by atoms with E-state index in [2.05, 4.69) is 5.32 Å². The van der Waals surface area contributed by atoms with Crippen LogP contribution in [0.15, 0.2) is 0 Å². The Morgan fingerprint density at radius 1 is 0.917 bits per heavy atom. The Bertz CT molecular complexity index is 60.9. The molecule has 0 aromatic heterocycles. The topological polar surface area (TPSA) is 14.1 Å². The van der Waals surface area contributed by atoms with Crippen molar-refractivity contribution < 1.29 is 21.7 Å². The van der Waals surface area contributed by atoms with Crippen LogP contribution in [0.1, 0.15) is 32.1 Å². The van der Waals surface area contributed by atoms with E-state index in [-0.39, 0.29) is 44.0 Å². The maximum atomic E-state index is 4.25. The Morgan fingerprint density at radius 2 is 1.33 bits per heavy atom. The van der Waals surface area contributed by atoms with E-state index in [9.17, 15) is 0 Å². The molecule has 0 spiro atoms. The third-order valence-corrected chi connectivity index (χ3v) is 1.94. The predicted octanol–water partition coefficient (Wildman–Crippen LogP) is 3.67. The molecule has 1 aliphatic rings. The average molecular weight is 205 g/mol. The van der Waals surface area contributed by atoms with Crippen molar-refractivity contribution in [3.8, 4) is 0 Å². The Hall–Kier alpha value is 0.674. The van der Waals surface area contributed by atoms with E-state index >= 15 is 0 Å². The first kappa shape index (κ1) is 23.0. The fourth-order valence-corrected chi connectivity index (χ4v) is 1.34. The van der Waals surface area contributed by atoms with Gasteiger partial charge >= 0.3 is 21.7 Å². The molecule has 0 saturated heterocycles. The van der Waals surface area contributed by atoms with Crippen molar-refractivity contribution in [1.82, 2.24) is 0 Å². The second kappa shape index (κ2) is 14.2. The molecule has 0 unspecified atom stereocenters. The van der Waals surface area contributed by atoms with Crippen molar-refractivity contribution in [3.05, 3.63) is 27.6 Å². The van der Waals surface area contributed by atoms with Gasteiger partial charge in [-0.15, -0.1) is 6.04 Å². The molecule has 0 radical (unpaired) electrons. The summed E-state index contributed by atoms with van der Waals surface area (Å²) in [5.74, 6) is 0. The molecule has 72 valence electrons. The summed E-state index contributed by atoms with van der Waals surface area (Å²) < 4.78 is 0. The predicted molar refractivity (Wildman–Crippen MR) is 55.4 cm³/mol. The van der Waals surface area contributed by atoms with E-state index < -0.39 is 0 Å². The van der Waals surface area contributed by atoms with Gasteiger partial charge in [0.1, 0.15) is 0 Å². The van der Waals surface area contributed by atoms with Gasteiger partial charge in [-0.3, -0.25) is 0 Å². The average Bonchev–Trinajstić information content (AvgIpc) is 1.90. The molecule has 0 amide bonds. The SMILES string of the molecule is C[N-]C1CCCCC1.[CH3-].[CH3-].[CH3-].[Ti+4]. The van der Waals surface area contributed by atoms with Crippen molar-refractivity contribution in [3.63, 3.8) is 0 Å². The summed E-state index contributed by atoms with van der Waals surface area (Å²) >= 11 is 0. The molecule has 0 atom stereocenters. The molecule has 0 aliphatic heterocycles. The molecule has 1 aliphatic carbocycles. The summed E-state index contributed by atoms with van der Waals surface area (Å²) in [6.45, 7) is 0. The maximum Gasteiger partial charge on any atom is 4.00 e. The van der Waals surface area contributed by atoms with Gasteiger partial charge in [0, 0.05) is 0 Å². The number of hydrogen-bond donors (Lipinski definition) is 0. The van der Waals surface area contributed by atoms with Crippen LogP contribution in [0.4, 0.5) is 0 Å². The van der Waals surface area contributed by atoms with Gasteiger partial charge in [0.05, 0.1) is 0 Å². The number of nitrogens with zero attached hydrogens (tertiary/aromatic N) is 1. The van der Waals surface area contributed by atoms with Gasteiger partial charge < -0.3 is 27.6 Å². The largest absolute Gasteiger partial charge is 4.00 e. The summed E-state index contributed by atoms with van der Waals surface area (Å²) in [6.07, 6.45) is 6.93. The summed E-state index contributed by atoms with van der Waals surface area (Å²) in [4.78, 5) is 0. The molecule has 2 heteroatoms. The molecule has 0 aromatic rings. The fourth-order valence-electron chi connectivity index (χ4n) is 1.34. The van der Waals surface area contributed by atoms with E-state index in [0.717, 1.165) is 0 Å². The molecule has 0 bridgehead atoms. The minimum Gasteiger partial charge on any atom is -0.662 e. The second-order valence-electron chi connectivity index (χ2n) is 2.55. The zero-order chi connectivity index (χ0) is 5.82. The molecule has 0 heterocycles. The van der Waals surface area contributed by atoms with Gasteiger partial charge in [0.15, 0.2) is 0 Å². The molecule has 0 N–H and O–H groups in total. The second-order valence-corrected chi connectivity index (χ2v) is 2.55. The zero-order valence-corrected chi connectivity index (χ0v) is 10.6. The van der Waals surface area contributed by atoms with Crippen LogP contribution in [0, 0.1) is 22.3 Å². The van der Waals surface area contributed by atoms with Gasteiger partial charge in [-0.05, 0) is 0 Å². The zero-order valence-electron chi connectivity index (χ0n) is 9.06. The van der Waals surface area contributed by atoms with Crippen LogP contribution < -0.4 is 0 Å². The van der Waals surface area contributed by atoms with Crippen LogP contribution in [-0.2, 0) is 21.7 Å². The summed E-state index contributed by atoms with van der Waals surface area (Å²) in [6, 6.07) is 0.712. The molecular weight excluding hydrogens is 182 g/mol. The Labute approximate surface area is 94.6 Å². The summed E-state index contributed by atoms with van der Waals surface area (Å²) in [5, 5.41) is 4.25. The summed E-state index contributed by atoms with van der Waals surface area (Å²) in [5.41, 5.74) is 0. The van der Waals surface area contributed by atoms with Crippen LogP contribution >= 0.6 is 0 Å². The number of rotatable bonds is 1. The summed E-state index contributed by atoms with van der Waals surface area (Å²) in [7, 11) is 1.94. The van der Waals surface area contributed by atoms with E-state index in [4.69, 9.17) is 0 Å². The first-order chi connectivity index (χ1) is 3.93. The van der Waals surface area contributed by atoms with Crippen LogP contribution in [0.2, 0.25) is 0 Å². The molecule has 1 saturated carbocycles. The van der Waals surface area contributed by atoms with E-state index in [1.807, 2.05) is 7.05 Å². The van der Waals surface area contributed by atoms with Gasteiger partial charge in [0.2, 0.25) is 0 Å². The van der Waals surface area contributed by atoms with Crippen molar-refractivity contribution in [1.29, 1.82) is 0 Å². The van der Waals surface area contributed by atoms with Crippen LogP contribution in [0.5, 0.6) is 0 Å². The molecule has 1 fully saturated rings. The van der Waals surface area contributed by atoms with E-state index in [1.165, 1.54) is 32.1 Å². The standard InChI is InChI=1S/C7H14N.3CH3.Ti/c1-8-7-5-3-2-4-6-7;;;;/h7H,2-6H2,1H3;3*1H3;/q4*-1;+4. The van der Waals surface area contributed by atoms with E-state index in [0.29, 0.717) is 6.04 Å². The van der Waals surface area contributed by atoms with Crippen molar-refractivity contribution in [2.75, 3.05) is 7.05 Å². The minimum atomic E-state index is 0. The quantitative estimate of drug-likeness (QED) is 0.458. The van der Waals surface area contributed by atoms with E-state index in [1.54, 1.807) is 0 Å². The van der Waals surface area contributed by atoms with Crippen LogP contribution in [0.25, 0.3) is 5.32 Å². The third kappa shape index (κ3) is 8.77. The molecule has 0 aromatic carbocycles. The normalized spacial score (nSPS) is 15.8. The molecule has 1 rings (SSSR count). The third-order valence-electron chi connectivity index (χ3n) is 1.94. The first-order valence-corrected chi connectivity index (χ1v) is 3.52. The van der Waals surface area contributed by atoms with Crippen molar-refractivity contribution in [2.45, 2.75) is 38.1 Å². The Kier molecular flexibility index (Phi) is 27.2. The van der Waals surface area contributed by atoms with Crippen molar-refractivity contribution in [2.24, 2.45) is 0 Å². The van der Waals surface area contributed by atoms with Gasteiger partial charge in [-0.2, -0.15) is 7.05 Å². The Morgan fingerprint density at radius 3 is 1.58 bits per heavy atom. The maximum absolute atomic E-state index is 4.25. The van der Waals surface area contributed by atoms with Gasteiger partial charge in [0.25, 0.3) is 0 Å². The minimum absolute atomic E-state index is 0. The molecule has 1 nitrogen and oxygen atoms in total. The number of hydrogen-bond acceptors (Lipinski definition) is 0. The smallest absolute Gasteiger partial charge is 0.662 e. The molecule has 12 heavy (non-hydrogen) atoms. The molecular formula is C10H23NTi. The van der Waals surface area contributed by atoms with Crippen LogP contribution in [-0.4, -0.2) is 13.1 Å². The monoisotopic (exact) mass is 205 g/mol. The first-order valence-electron chi connectivity index (χ1n) is 3.52. The Balaban J connectivity index is -0.0000000800. The van der Waals surface area contributed by atoms with Gasteiger partial charge in [-0.1, -0.05) is 32.1 Å². The van der Waals surface area contributed by atoms with Crippen LogP contribution in [0.3, 0.4) is 0 Å². The fraction of sp³-hybridized carbons (Fsp3) is 0.700. The van der Waals surface area contributed by atoms with Gasteiger partial charge in [-0.25, -0.2) is 0 Å². The van der Waals surface area contributed by atoms with Crippen molar-refractivity contribution >= 4 is 0 Å².